The second-order valence-corrected chi connectivity index (χ2v) is 7.62. The number of aromatic nitrogens is 3. The first-order valence-corrected chi connectivity index (χ1v) is 9.99. The molecule has 2 aromatic heterocycles. The number of fused-ring (bicyclic) bond motifs is 1. The monoisotopic (exact) mass is 434 g/mol. The first-order chi connectivity index (χ1) is 14.9. The van der Waals surface area contributed by atoms with Gasteiger partial charge < -0.3 is 5.32 Å². The Hall–Kier alpha value is -3.71. The fraction of sp³-hybridized carbons (Fsp3) is 0.130. The lowest BCUT2D eigenvalue weighted by Crippen LogP contribution is -2.42. The highest BCUT2D eigenvalue weighted by atomic mass is 35.5. The van der Waals surface area contributed by atoms with E-state index >= 15 is 0 Å². The Balaban J connectivity index is 1.75. The number of hydrogen-bond acceptors (Lipinski definition) is 4. The van der Waals surface area contributed by atoms with Crippen LogP contribution >= 0.6 is 11.6 Å². The minimum absolute atomic E-state index is 0.0547. The fourth-order valence-electron chi connectivity index (χ4n) is 3.37. The lowest BCUT2D eigenvalue weighted by atomic mass is 10.2. The predicted molar refractivity (Wildman–Crippen MR) is 121 cm³/mol. The van der Waals surface area contributed by atoms with Gasteiger partial charge in [0.05, 0.1) is 11.9 Å². The maximum absolute atomic E-state index is 13.2. The van der Waals surface area contributed by atoms with E-state index in [2.05, 4.69) is 10.3 Å². The molecule has 1 N–H and O–H groups in total. The van der Waals surface area contributed by atoms with Crippen molar-refractivity contribution in [1.29, 1.82) is 0 Å². The van der Waals surface area contributed by atoms with Gasteiger partial charge in [0.1, 0.15) is 12.2 Å². The van der Waals surface area contributed by atoms with E-state index in [1.165, 1.54) is 10.8 Å². The summed E-state index contributed by atoms with van der Waals surface area (Å²) in [6.45, 7) is 1.70. The molecule has 0 radical (unpaired) electrons. The minimum Gasteiger partial charge on any atom is -0.325 e. The van der Waals surface area contributed by atoms with Crippen molar-refractivity contribution in [3.63, 3.8) is 0 Å². The van der Waals surface area contributed by atoms with E-state index in [0.717, 1.165) is 15.7 Å². The van der Waals surface area contributed by atoms with Crippen molar-refractivity contribution in [3.8, 4) is 0 Å². The lowest BCUT2D eigenvalue weighted by Gasteiger charge is -2.14. The zero-order valence-electron chi connectivity index (χ0n) is 16.7. The Morgan fingerprint density at radius 2 is 1.81 bits per heavy atom. The minimum atomic E-state index is -0.606. The van der Waals surface area contributed by atoms with E-state index in [-0.39, 0.29) is 24.1 Å². The first-order valence-electron chi connectivity index (χ1n) is 9.62. The van der Waals surface area contributed by atoms with Crippen LogP contribution in [0.3, 0.4) is 0 Å². The molecule has 0 bridgehead atoms. The number of carbonyl (C=O) groups excluding carboxylic acids is 1. The summed E-state index contributed by atoms with van der Waals surface area (Å²) in [5, 5.41) is 3.61. The van der Waals surface area contributed by atoms with Gasteiger partial charge in [0.15, 0.2) is 0 Å². The average molecular weight is 435 g/mol. The molecule has 7 nitrogen and oxygen atoms in total. The molecule has 0 aliphatic heterocycles. The zero-order valence-corrected chi connectivity index (χ0v) is 17.5. The maximum Gasteiger partial charge on any atom is 0.333 e. The van der Waals surface area contributed by atoms with E-state index < -0.39 is 17.2 Å². The molecule has 0 unspecified atom stereocenters. The quantitative estimate of drug-likeness (QED) is 0.522. The summed E-state index contributed by atoms with van der Waals surface area (Å²) < 4.78 is 2.32. The van der Waals surface area contributed by atoms with Crippen LogP contribution in [-0.4, -0.2) is 20.0 Å². The third kappa shape index (κ3) is 4.41. The van der Waals surface area contributed by atoms with Gasteiger partial charge in [0.2, 0.25) is 5.91 Å². The molecule has 0 spiro atoms. The predicted octanol–water partition coefficient (Wildman–Crippen LogP) is 3.21. The molecule has 4 rings (SSSR count). The molecule has 8 heteroatoms. The average Bonchev–Trinajstić information content (AvgIpc) is 2.75. The van der Waals surface area contributed by atoms with Crippen LogP contribution in [-0.2, 0) is 17.9 Å². The molecule has 0 atom stereocenters. The fourth-order valence-corrected chi connectivity index (χ4v) is 3.49. The second-order valence-electron chi connectivity index (χ2n) is 7.18. The molecular formula is C23H19ClN4O3. The number of aryl methyl sites for hydroxylation is 1. The molecule has 0 saturated carbocycles. The molecule has 4 aromatic rings. The summed E-state index contributed by atoms with van der Waals surface area (Å²) in [6, 6.07) is 17.5. The summed E-state index contributed by atoms with van der Waals surface area (Å²) >= 11 is 5.93. The van der Waals surface area contributed by atoms with Crippen molar-refractivity contribution >= 4 is 34.2 Å². The van der Waals surface area contributed by atoms with Crippen molar-refractivity contribution in [3.05, 3.63) is 104 Å². The van der Waals surface area contributed by atoms with Crippen molar-refractivity contribution < 1.29 is 4.79 Å². The van der Waals surface area contributed by atoms with Crippen molar-refractivity contribution in [2.75, 3.05) is 5.32 Å². The first kappa shape index (κ1) is 20.6. The highest BCUT2D eigenvalue weighted by molar-refractivity contribution is 6.30. The molecule has 0 saturated heterocycles. The van der Waals surface area contributed by atoms with E-state index in [9.17, 15) is 14.4 Å². The van der Waals surface area contributed by atoms with Crippen LogP contribution in [0.15, 0.2) is 76.4 Å². The van der Waals surface area contributed by atoms with Crippen LogP contribution in [0.1, 0.15) is 11.1 Å². The van der Waals surface area contributed by atoms with E-state index in [0.29, 0.717) is 10.7 Å². The maximum atomic E-state index is 13.2. The lowest BCUT2D eigenvalue weighted by molar-refractivity contribution is -0.116. The standard InChI is InChI=1S/C23H19ClN4O3/c1-15-4-2-5-18(12-15)26-20(29)14-27-21-19(6-3-11-25-21)22(30)28(23(27)31)13-16-7-9-17(24)10-8-16/h2-12H,13-14H2,1H3,(H,26,29). The molecular weight excluding hydrogens is 416 g/mol. The largest absolute Gasteiger partial charge is 0.333 e. The van der Waals surface area contributed by atoms with Crippen molar-refractivity contribution in [1.82, 2.24) is 14.1 Å². The third-order valence-corrected chi connectivity index (χ3v) is 5.09. The van der Waals surface area contributed by atoms with E-state index in [4.69, 9.17) is 11.6 Å². The summed E-state index contributed by atoms with van der Waals surface area (Å²) in [5.74, 6) is -0.392. The topological polar surface area (TPSA) is 86.0 Å². The van der Waals surface area contributed by atoms with E-state index in [1.54, 1.807) is 42.5 Å². The number of amides is 1. The Kier molecular flexibility index (Phi) is 5.68. The van der Waals surface area contributed by atoms with Gasteiger partial charge in [-0.1, -0.05) is 35.9 Å². The van der Waals surface area contributed by atoms with Gasteiger partial charge in [0, 0.05) is 16.9 Å². The number of pyridine rings is 1. The molecule has 2 heterocycles. The van der Waals surface area contributed by atoms with Gasteiger partial charge in [-0.15, -0.1) is 0 Å². The molecule has 0 aliphatic rings. The number of halogens is 1. The number of benzene rings is 2. The Labute approximate surface area is 182 Å². The molecule has 31 heavy (non-hydrogen) atoms. The van der Waals surface area contributed by atoms with Gasteiger partial charge in [-0.25, -0.2) is 9.78 Å². The van der Waals surface area contributed by atoms with Crippen LogP contribution in [0.25, 0.3) is 11.0 Å². The van der Waals surface area contributed by atoms with Crippen LogP contribution in [0.5, 0.6) is 0 Å². The number of nitrogens with zero attached hydrogens (tertiary/aromatic N) is 3. The van der Waals surface area contributed by atoms with E-state index in [1.807, 2.05) is 25.1 Å². The van der Waals surface area contributed by atoms with Gasteiger partial charge in [-0.05, 0) is 54.4 Å². The Morgan fingerprint density at radius 1 is 1.03 bits per heavy atom. The Morgan fingerprint density at radius 3 is 2.55 bits per heavy atom. The highest BCUT2D eigenvalue weighted by Crippen LogP contribution is 2.12. The highest BCUT2D eigenvalue weighted by Gasteiger charge is 2.16. The van der Waals surface area contributed by atoms with Crippen LogP contribution in [0, 0.1) is 6.92 Å². The number of hydrogen-bond donors (Lipinski definition) is 1. The van der Waals surface area contributed by atoms with Crippen molar-refractivity contribution in [2.24, 2.45) is 0 Å². The van der Waals surface area contributed by atoms with Crippen LogP contribution in [0.4, 0.5) is 5.69 Å². The number of anilines is 1. The van der Waals surface area contributed by atoms with Gasteiger partial charge in [-0.3, -0.25) is 18.7 Å². The molecule has 0 aliphatic carbocycles. The second kappa shape index (κ2) is 8.57. The van der Waals surface area contributed by atoms with Gasteiger partial charge in [-0.2, -0.15) is 0 Å². The summed E-state index contributed by atoms with van der Waals surface area (Å²) in [4.78, 5) is 43.0. The number of rotatable bonds is 5. The zero-order chi connectivity index (χ0) is 22.0. The van der Waals surface area contributed by atoms with Crippen LogP contribution in [0.2, 0.25) is 5.02 Å². The SMILES string of the molecule is Cc1cccc(NC(=O)Cn2c(=O)n(Cc3ccc(Cl)cc3)c(=O)c3cccnc32)c1. The van der Waals surface area contributed by atoms with Crippen LogP contribution < -0.4 is 16.6 Å². The summed E-state index contributed by atoms with van der Waals surface area (Å²) in [6.07, 6.45) is 1.49. The normalized spacial score (nSPS) is 10.9. The molecule has 156 valence electrons. The van der Waals surface area contributed by atoms with Gasteiger partial charge in [0.25, 0.3) is 5.56 Å². The number of carbonyl (C=O) groups is 1. The smallest absolute Gasteiger partial charge is 0.325 e. The van der Waals surface area contributed by atoms with Gasteiger partial charge >= 0.3 is 5.69 Å². The molecule has 1 amide bonds. The molecule has 2 aromatic carbocycles. The van der Waals surface area contributed by atoms with Crippen molar-refractivity contribution in [2.45, 2.75) is 20.0 Å². The number of nitrogens with one attached hydrogen (secondary N) is 1. The Bertz CT molecular complexity index is 1390. The third-order valence-electron chi connectivity index (χ3n) is 4.84. The summed E-state index contributed by atoms with van der Waals surface area (Å²) in [5.41, 5.74) is 1.47. The molecule has 0 fully saturated rings. The summed E-state index contributed by atoms with van der Waals surface area (Å²) in [7, 11) is 0.